The molecule has 0 saturated carbocycles. The van der Waals surface area contributed by atoms with Gasteiger partial charge in [0.15, 0.2) is 0 Å². The van der Waals surface area contributed by atoms with E-state index in [0.29, 0.717) is 17.6 Å². The number of nitrogens with one attached hydrogen (secondary N) is 1. The van der Waals surface area contributed by atoms with Crippen LogP contribution < -0.4 is 5.32 Å². The maximum Gasteiger partial charge on any atom is 0.123 e. The Morgan fingerprint density at radius 1 is 1.53 bits per heavy atom. The summed E-state index contributed by atoms with van der Waals surface area (Å²) in [6.07, 6.45) is 2.47. The maximum absolute atomic E-state index is 13.1. The third kappa shape index (κ3) is 3.66. The van der Waals surface area contributed by atoms with E-state index in [2.05, 4.69) is 10.2 Å². The molecule has 1 atom stereocenters. The van der Waals surface area contributed by atoms with Gasteiger partial charge in [0, 0.05) is 24.2 Å². The van der Waals surface area contributed by atoms with Crippen LogP contribution in [0.15, 0.2) is 18.2 Å². The normalized spacial score (nSPS) is 20.1. The number of likely N-dealkylation sites (N-methyl/N-ethyl adjacent to an activating group) is 1. The Labute approximate surface area is 107 Å². The number of benzene rings is 1. The van der Waals surface area contributed by atoms with Crippen LogP contribution in [0.4, 0.5) is 4.39 Å². The smallest absolute Gasteiger partial charge is 0.123 e. The molecule has 0 spiro atoms. The molecule has 1 aliphatic rings. The molecule has 2 nitrogen and oxygen atoms in total. The monoisotopic (exact) mass is 256 g/mol. The summed E-state index contributed by atoms with van der Waals surface area (Å²) < 4.78 is 13.1. The summed E-state index contributed by atoms with van der Waals surface area (Å²) in [7, 11) is 2.04. The molecule has 17 heavy (non-hydrogen) atoms. The molecule has 94 valence electrons. The molecule has 1 saturated heterocycles. The number of halogens is 2. The van der Waals surface area contributed by atoms with Gasteiger partial charge in [-0.1, -0.05) is 11.6 Å². The molecule has 1 heterocycles. The molecule has 1 aliphatic heterocycles. The number of hydrogen-bond acceptors (Lipinski definition) is 2. The minimum atomic E-state index is -0.225. The summed E-state index contributed by atoms with van der Waals surface area (Å²) >= 11 is 6.05. The summed E-state index contributed by atoms with van der Waals surface area (Å²) in [5, 5.41) is 4.09. The first-order valence-corrected chi connectivity index (χ1v) is 6.39. The fourth-order valence-corrected chi connectivity index (χ4v) is 2.49. The Balaban J connectivity index is 1.92. The van der Waals surface area contributed by atoms with Crippen molar-refractivity contribution in [1.29, 1.82) is 0 Å². The Hall–Kier alpha value is -0.640. The van der Waals surface area contributed by atoms with E-state index in [1.807, 2.05) is 7.05 Å². The van der Waals surface area contributed by atoms with Crippen LogP contribution in [0, 0.1) is 5.82 Å². The van der Waals surface area contributed by atoms with Gasteiger partial charge < -0.3 is 10.2 Å². The van der Waals surface area contributed by atoms with Crippen LogP contribution in [0.5, 0.6) is 0 Å². The Morgan fingerprint density at radius 2 is 2.35 bits per heavy atom. The van der Waals surface area contributed by atoms with Crippen molar-refractivity contribution in [2.24, 2.45) is 0 Å². The van der Waals surface area contributed by atoms with Crippen molar-refractivity contribution in [2.75, 3.05) is 20.1 Å². The first-order chi connectivity index (χ1) is 8.15. The van der Waals surface area contributed by atoms with E-state index in [-0.39, 0.29) is 5.82 Å². The van der Waals surface area contributed by atoms with Gasteiger partial charge in [-0.05, 0) is 50.2 Å². The van der Waals surface area contributed by atoms with Crippen LogP contribution in [0.25, 0.3) is 0 Å². The van der Waals surface area contributed by atoms with Crippen LogP contribution in [-0.4, -0.2) is 31.1 Å². The first kappa shape index (κ1) is 12.8. The van der Waals surface area contributed by atoms with Crippen molar-refractivity contribution < 1.29 is 4.39 Å². The van der Waals surface area contributed by atoms with Crippen molar-refractivity contribution in [3.8, 4) is 0 Å². The fourth-order valence-electron chi connectivity index (χ4n) is 2.31. The lowest BCUT2D eigenvalue weighted by Gasteiger charge is -2.21. The molecular formula is C13H18ClFN2. The molecular weight excluding hydrogens is 239 g/mol. The molecule has 1 unspecified atom stereocenters. The van der Waals surface area contributed by atoms with Gasteiger partial charge in [0.1, 0.15) is 5.82 Å². The molecule has 0 aliphatic carbocycles. The van der Waals surface area contributed by atoms with Gasteiger partial charge in [0.25, 0.3) is 0 Å². The quantitative estimate of drug-likeness (QED) is 0.891. The van der Waals surface area contributed by atoms with E-state index in [1.165, 1.54) is 25.0 Å². The standard InChI is InChI=1S/C13H18ClFN2/c1-17(9-12-3-2-6-16-12)8-10-7-11(15)4-5-13(10)14/h4-5,7,12,16H,2-3,6,8-9H2,1H3. The molecule has 0 amide bonds. The molecule has 0 radical (unpaired) electrons. The number of rotatable bonds is 4. The zero-order valence-electron chi connectivity index (χ0n) is 10.0. The minimum Gasteiger partial charge on any atom is -0.313 e. The highest BCUT2D eigenvalue weighted by Crippen LogP contribution is 2.19. The number of hydrogen-bond donors (Lipinski definition) is 1. The van der Waals surface area contributed by atoms with Gasteiger partial charge in [0.05, 0.1) is 0 Å². The van der Waals surface area contributed by atoms with E-state index in [4.69, 9.17) is 11.6 Å². The zero-order chi connectivity index (χ0) is 12.3. The lowest BCUT2D eigenvalue weighted by molar-refractivity contribution is 0.293. The summed E-state index contributed by atoms with van der Waals surface area (Å²) in [4.78, 5) is 2.18. The molecule has 4 heteroatoms. The zero-order valence-corrected chi connectivity index (χ0v) is 10.8. The molecule has 1 fully saturated rings. The maximum atomic E-state index is 13.1. The van der Waals surface area contributed by atoms with E-state index in [0.717, 1.165) is 18.7 Å². The van der Waals surface area contributed by atoms with Crippen LogP contribution in [-0.2, 0) is 6.54 Å². The highest BCUT2D eigenvalue weighted by atomic mass is 35.5. The molecule has 0 bridgehead atoms. The lowest BCUT2D eigenvalue weighted by Crippen LogP contribution is -2.35. The predicted molar refractivity (Wildman–Crippen MR) is 68.8 cm³/mol. The van der Waals surface area contributed by atoms with Gasteiger partial charge in [0.2, 0.25) is 0 Å². The third-order valence-corrected chi connectivity index (χ3v) is 3.51. The van der Waals surface area contributed by atoms with Crippen molar-refractivity contribution >= 4 is 11.6 Å². The Bertz CT molecular complexity index is 378. The van der Waals surface area contributed by atoms with Crippen molar-refractivity contribution in [3.63, 3.8) is 0 Å². The molecule has 2 rings (SSSR count). The largest absolute Gasteiger partial charge is 0.313 e. The van der Waals surface area contributed by atoms with Crippen molar-refractivity contribution in [2.45, 2.75) is 25.4 Å². The summed E-state index contributed by atoms with van der Waals surface area (Å²) in [6.45, 7) is 2.78. The molecule has 1 aromatic rings. The highest BCUT2D eigenvalue weighted by molar-refractivity contribution is 6.31. The predicted octanol–water partition coefficient (Wildman–Crippen LogP) is 2.66. The van der Waals surface area contributed by atoms with Crippen molar-refractivity contribution in [3.05, 3.63) is 34.6 Å². The second-order valence-electron chi connectivity index (χ2n) is 4.73. The second kappa shape index (κ2) is 5.80. The average Bonchev–Trinajstić information content (AvgIpc) is 2.76. The van der Waals surface area contributed by atoms with E-state index in [1.54, 1.807) is 6.07 Å². The minimum absolute atomic E-state index is 0.225. The van der Waals surface area contributed by atoms with Gasteiger partial charge in [-0.2, -0.15) is 0 Å². The topological polar surface area (TPSA) is 15.3 Å². The average molecular weight is 257 g/mol. The highest BCUT2D eigenvalue weighted by Gasteiger charge is 2.16. The van der Waals surface area contributed by atoms with E-state index >= 15 is 0 Å². The van der Waals surface area contributed by atoms with Gasteiger partial charge >= 0.3 is 0 Å². The lowest BCUT2D eigenvalue weighted by atomic mass is 10.2. The van der Waals surface area contributed by atoms with Gasteiger partial charge in [-0.15, -0.1) is 0 Å². The van der Waals surface area contributed by atoms with E-state index < -0.39 is 0 Å². The van der Waals surface area contributed by atoms with Gasteiger partial charge in [-0.25, -0.2) is 4.39 Å². The summed E-state index contributed by atoms with van der Waals surface area (Å²) in [6, 6.07) is 5.09. The summed E-state index contributed by atoms with van der Waals surface area (Å²) in [5.74, 6) is -0.225. The molecule has 0 aromatic heterocycles. The molecule has 1 N–H and O–H groups in total. The third-order valence-electron chi connectivity index (χ3n) is 3.14. The molecule has 1 aromatic carbocycles. The van der Waals surface area contributed by atoms with E-state index in [9.17, 15) is 4.39 Å². The van der Waals surface area contributed by atoms with Crippen LogP contribution in [0.2, 0.25) is 5.02 Å². The fraction of sp³-hybridized carbons (Fsp3) is 0.538. The Kier molecular flexibility index (Phi) is 4.37. The second-order valence-corrected chi connectivity index (χ2v) is 5.13. The van der Waals surface area contributed by atoms with Crippen molar-refractivity contribution in [1.82, 2.24) is 10.2 Å². The van der Waals surface area contributed by atoms with Gasteiger partial charge in [-0.3, -0.25) is 0 Å². The summed E-state index contributed by atoms with van der Waals surface area (Å²) in [5.41, 5.74) is 0.854. The number of nitrogens with zero attached hydrogens (tertiary/aromatic N) is 1. The van der Waals surface area contributed by atoms with Crippen LogP contribution in [0.1, 0.15) is 18.4 Å². The SMILES string of the molecule is CN(Cc1cc(F)ccc1Cl)CC1CCCN1. The first-order valence-electron chi connectivity index (χ1n) is 6.01. The van der Waals surface area contributed by atoms with Crippen LogP contribution >= 0.6 is 11.6 Å². The van der Waals surface area contributed by atoms with Crippen LogP contribution in [0.3, 0.4) is 0 Å². The Morgan fingerprint density at radius 3 is 3.06 bits per heavy atom.